The van der Waals surface area contributed by atoms with Gasteiger partial charge in [0.25, 0.3) is 0 Å². The van der Waals surface area contributed by atoms with Crippen LogP contribution in [0.15, 0.2) is 24.3 Å². The van der Waals surface area contributed by atoms with E-state index in [0.29, 0.717) is 31.5 Å². The molecule has 0 spiro atoms. The van der Waals surface area contributed by atoms with Crippen LogP contribution in [0.2, 0.25) is 0 Å². The number of hydrogen-bond acceptors (Lipinski definition) is 4. The Kier molecular flexibility index (Phi) is 5.42. The van der Waals surface area contributed by atoms with Gasteiger partial charge >= 0.3 is 5.97 Å². The number of fused-ring (bicyclic) bond motifs is 1. The Balaban J connectivity index is 1.78. The highest BCUT2D eigenvalue weighted by Gasteiger charge is 2.37. The molecule has 136 valence electrons. The van der Waals surface area contributed by atoms with Gasteiger partial charge < -0.3 is 9.64 Å². The van der Waals surface area contributed by atoms with E-state index >= 15 is 0 Å². The molecule has 25 heavy (non-hydrogen) atoms. The molecule has 0 unspecified atom stereocenters. The van der Waals surface area contributed by atoms with Gasteiger partial charge in [0.15, 0.2) is 0 Å². The van der Waals surface area contributed by atoms with Crippen LogP contribution in [0, 0.1) is 5.92 Å². The zero-order valence-electron chi connectivity index (χ0n) is 15.4. The minimum atomic E-state index is -0.521. The molecule has 1 aromatic carbocycles. The first kappa shape index (κ1) is 17.9. The summed E-state index contributed by atoms with van der Waals surface area (Å²) >= 11 is 0. The monoisotopic (exact) mass is 344 g/mol. The van der Waals surface area contributed by atoms with E-state index in [2.05, 4.69) is 18.7 Å². The second-order valence-corrected chi connectivity index (χ2v) is 7.46. The fourth-order valence-electron chi connectivity index (χ4n) is 4.20. The van der Waals surface area contributed by atoms with Crippen LogP contribution in [-0.2, 0) is 27.3 Å². The van der Waals surface area contributed by atoms with Crippen molar-refractivity contribution in [3.63, 3.8) is 0 Å². The fourth-order valence-corrected chi connectivity index (χ4v) is 4.20. The standard InChI is InChI=1S/C20H28N2O3/c1-14(2)17-9-6-10-21(17)13-19(23)22-12-16-8-5-4-7-15(16)11-18(22)20(24)25-3/h4-5,7-8,14,17-18H,6,9-13H2,1-3H3/t17-,18-/m0/s1. The molecule has 0 N–H and O–H groups in total. The molecule has 2 atom stereocenters. The Morgan fingerprint density at radius 1 is 1.24 bits per heavy atom. The molecule has 0 aromatic heterocycles. The normalized spacial score (nSPS) is 23.6. The predicted octanol–water partition coefficient (Wildman–Crippen LogP) is 2.23. The number of esters is 1. The lowest BCUT2D eigenvalue weighted by molar-refractivity contribution is -0.154. The molecule has 1 saturated heterocycles. The maximum Gasteiger partial charge on any atom is 0.328 e. The number of carbonyl (C=O) groups excluding carboxylic acids is 2. The number of methoxy groups -OCH3 is 1. The average Bonchev–Trinajstić information content (AvgIpc) is 3.08. The van der Waals surface area contributed by atoms with Gasteiger partial charge in [-0.25, -0.2) is 4.79 Å². The highest BCUT2D eigenvalue weighted by Crippen LogP contribution is 2.27. The zero-order valence-corrected chi connectivity index (χ0v) is 15.4. The third-order valence-corrected chi connectivity index (χ3v) is 5.56. The van der Waals surface area contributed by atoms with E-state index < -0.39 is 6.04 Å². The van der Waals surface area contributed by atoms with Crippen LogP contribution in [0.4, 0.5) is 0 Å². The van der Waals surface area contributed by atoms with Crippen LogP contribution in [0.1, 0.15) is 37.8 Å². The maximum atomic E-state index is 13.0. The van der Waals surface area contributed by atoms with E-state index in [-0.39, 0.29) is 11.9 Å². The van der Waals surface area contributed by atoms with E-state index in [1.165, 1.54) is 7.11 Å². The number of ether oxygens (including phenoxy) is 1. The van der Waals surface area contributed by atoms with Gasteiger partial charge in [0.1, 0.15) is 6.04 Å². The molecule has 2 heterocycles. The Morgan fingerprint density at radius 3 is 2.64 bits per heavy atom. The van der Waals surface area contributed by atoms with Crippen molar-refractivity contribution >= 4 is 11.9 Å². The van der Waals surface area contributed by atoms with Crippen molar-refractivity contribution in [2.24, 2.45) is 5.92 Å². The first-order chi connectivity index (χ1) is 12.0. The van der Waals surface area contributed by atoms with Gasteiger partial charge in [-0.15, -0.1) is 0 Å². The smallest absolute Gasteiger partial charge is 0.328 e. The van der Waals surface area contributed by atoms with Gasteiger partial charge in [-0.1, -0.05) is 38.1 Å². The summed E-state index contributed by atoms with van der Waals surface area (Å²) < 4.78 is 4.97. The largest absolute Gasteiger partial charge is 0.467 e. The lowest BCUT2D eigenvalue weighted by atomic mass is 9.93. The number of hydrogen-bond donors (Lipinski definition) is 0. The van der Waals surface area contributed by atoms with Crippen molar-refractivity contribution < 1.29 is 14.3 Å². The third-order valence-electron chi connectivity index (χ3n) is 5.56. The number of rotatable bonds is 4. The molecule has 2 aliphatic rings. The molecular weight excluding hydrogens is 316 g/mol. The van der Waals surface area contributed by atoms with Crippen molar-refractivity contribution in [1.29, 1.82) is 0 Å². The Bertz CT molecular complexity index is 644. The first-order valence-electron chi connectivity index (χ1n) is 9.19. The summed E-state index contributed by atoms with van der Waals surface area (Å²) in [5.41, 5.74) is 2.25. The molecule has 0 aliphatic carbocycles. The number of amides is 1. The van der Waals surface area contributed by atoms with Crippen molar-refractivity contribution in [3.8, 4) is 0 Å². The lowest BCUT2D eigenvalue weighted by Gasteiger charge is -2.37. The molecule has 5 nitrogen and oxygen atoms in total. The molecule has 0 bridgehead atoms. The van der Waals surface area contributed by atoms with Crippen molar-refractivity contribution in [2.45, 2.75) is 51.7 Å². The molecular formula is C20H28N2O3. The van der Waals surface area contributed by atoms with Crippen LogP contribution in [0.3, 0.4) is 0 Å². The molecule has 1 amide bonds. The minimum Gasteiger partial charge on any atom is -0.467 e. The third kappa shape index (κ3) is 3.71. The van der Waals surface area contributed by atoms with Crippen molar-refractivity contribution in [2.75, 3.05) is 20.2 Å². The van der Waals surface area contributed by atoms with Gasteiger partial charge in [0.2, 0.25) is 5.91 Å². The SMILES string of the molecule is COC(=O)[C@@H]1Cc2ccccc2CN1C(=O)CN1CCC[C@H]1C(C)C. The molecule has 3 rings (SSSR count). The Hall–Kier alpha value is -1.88. The molecule has 0 saturated carbocycles. The molecule has 1 fully saturated rings. The highest BCUT2D eigenvalue weighted by atomic mass is 16.5. The number of nitrogens with zero attached hydrogens (tertiary/aromatic N) is 2. The van der Waals surface area contributed by atoms with Crippen molar-refractivity contribution in [1.82, 2.24) is 9.80 Å². The van der Waals surface area contributed by atoms with E-state index in [1.54, 1.807) is 4.90 Å². The van der Waals surface area contributed by atoms with E-state index in [4.69, 9.17) is 4.74 Å². The summed E-state index contributed by atoms with van der Waals surface area (Å²) in [6, 6.07) is 7.96. The second-order valence-electron chi connectivity index (χ2n) is 7.46. The summed E-state index contributed by atoms with van der Waals surface area (Å²) in [6.07, 6.45) is 2.82. The summed E-state index contributed by atoms with van der Waals surface area (Å²) in [7, 11) is 1.39. The minimum absolute atomic E-state index is 0.0254. The molecule has 5 heteroatoms. The summed E-state index contributed by atoms with van der Waals surface area (Å²) in [4.78, 5) is 29.3. The maximum absolute atomic E-state index is 13.0. The van der Waals surface area contributed by atoms with Crippen LogP contribution in [0.25, 0.3) is 0 Å². The Labute approximate surface area is 149 Å². The van der Waals surface area contributed by atoms with Crippen LogP contribution < -0.4 is 0 Å². The topological polar surface area (TPSA) is 49.9 Å². The fraction of sp³-hybridized carbons (Fsp3) is 0.600. The number of carbonyl (C=O) groups is 2. The van der Waals surface area contributed by atoms with E-state index in [1.807, 2.05) is 24.3 Å². The van der Waals surface area contributed by atoms with Gasteiger partial charge in [-0.2, -0.15) is 0 Å². The first-order valence-corrected chi connectivity index (χ1v) is 9.19. The highest BCUT2D eigenvalue weighted by molar-refractivity contribution is 5.86. The van der Waals surface area contributed by atoms with Gasteiger partial charge in [-0.05, 0) is 36.4 Å². The van der Waals surface area contributed by atoms with E-state index in [9.17, 15) is 9.59 Å². The zero-order chi connectivity index (χ0) is 18.0. The van der Waals surface area contributed by atoms with Gasteiger partial charge in [-0.3, -0.25) is 9.69 Å². The van der Waals surface area contributed by atoms with E-state index in [0.717, 1.165) is 30.5 Å². The lowest BCUT2D eigenvalue weighted by Crippen LogP contribution is -2.52. The number of likely N-dealkylation sites (tertiary alicyclic amines) is 1. The molecule has 0 radical (unpaired) electrons. The number of benzene rings is 1. The summed E-state index contributed by atoms with van der Waals surface area (Å²) in [5, 5.41) is 0. The van der Waals surface area contributed by atoms with Gasteiger partial charge in [0, 0.05) is 19.0 Å². The Morgan fingerprint density at radius 2 is 1.96 bits per heavy atom. The summed E-state index contributed by atoms with van der Waals surface area (Å²) in [6.45, 7) is 6.25. The van der Waals surface area contributed by atoms with Crippen LogP contribution in [-0.4, -0.2) is 54.0 Å². The average molecular weight is 344 g/mol. The molecule has 1 aromatic rings. The van der Waals surface area contributed by atoms with Crippen LogP contribution in [0.5, 0.6) is 0 Å². The van der Waals surface area contributed by atoms with Gasteiger partial charge in [0.05, 0.1) is 13.7 Å². The molecule has 2 aliphatic heterocycles. The van der Waals surface area contributed by atoms with Crippen LogP contribution >= 0.6 is 0 Å². The summed E-state index contributed by atoms with van der Waals surface area (Å²) in [5.74, 6) is 0.232. The quantitative estimate of drug-likeness (QED) is 0.786. The van der Waals surface area contributed by atoms with Crippen molar-refractivity contribution in [3.05, 3.63) is 35.4 Å². The predicted molar refractivity (Wildman–Crippen MR) is 95.9 cm³/mol. The second kappa shape index (κ2) is 7.56.